The van der Waals surface area contributed by atoms with Crippen LogP contribution in [-0.2, 0) is 13.1 Å². The minimum absolute atomic E-state index is 0. The highest BCUT2D eigenvalue weighted by Gasteiger charge is 2.10. The average molecular weight is 532 g/mol. The van der Waals surface area contributed by atoms with Crippen LogP contribution in [0.4, 0.5) is 0 Å². The Bertz CT molecular complexity index is 911. The minimum Gasteiger partial charge on any atom is -0.356 e. The third-order valence-electron chi connectivity index (χ3n) is 5.33. The molecule has 0 saturated carbocycles. The van der Waals surface area contributed by atoms with Gasteiger partial charge < -0.3 is 15.2 Å². The van der Waals surface area contributed by atoms with Gasteiger partial charge in [0.05, 0.1) is 12.0 Å². The highest BCUT2D eigenvalue weighted by atomic mass is 127. The fraction of sp³-hybridized carbons (Fsp3) is 0.333. The minimum atomic E-state index is 0. The molecule has 0 bridgehead atoms. The van der Waals surface area contributed by atoms with Crippen molar-refractivity contribution in [3.8, 4) is 5.69 Å². The maximum absolute atomic E-state index is 4.37. The molecule has 0 saturated heterocycles. The Labute approximate surface area is 202 Å². The van der Waals surface area contributed by atoms with Gasteiger partial charge in [-0.15, -0.1) is 24.0 Å². The molecule has 2 aromatic carbocycles. The number of aliphatic imine (C=N–C) groups is 1. The Morgan fingerprint density at radius 2 is 1.84 bits per heavy atom. The van der Waals surface area contributed by atoms with Gasteiger partial charge in [0.1, 0.15) is 0 Å². The van der Waals surface area contributed by atoms with E-state index >= 15 is 0 Å². The average Bonchev–Trinajstić information content (AvgIpc) is 3.31. The summed E-state index contributed by atoms with van der Waals surface area (Å²) in [4.78, 5) is 10.9. The normalized spacial score (nSPS) is 12.3. The van der Waals surface area contributed by atoms with E-state index in [1.165, 1.54) is 11.1 Å². The second-order valence-corrected chi connectivity index (χ2v) is 7.49. The molecule has 31 heavy (non-hydrogen) atoms. The van der Waals surface area contributed by atoms with E-state index in [2.05, 4.69) is 88.0 Å². The summed E-state index contributed by atoms with van der Waals surface area (Å²) in [5.74, 6) is 0.813. The molecule has 1 unspecified atom stereocenters. The number of para-hydroxylation sites is 1. The van der Waals surface area contributed by atoms with Gasteiger partial charge in [-0.1, -0.05) is 48.5 Å². The van der Waals surface area contributed by atoms with E-state index in [4.69, 9.17) is 0 Å². The molecule has 6 nitrogen and oxygen atoms in total. The summed E-state index contributed by atoms with van der Waals surface area (Å²) < 4.78 is 2.03. The summed E-state index contributed by atoms with van der Waals surface area (Å²) in [5.41, 5.74) is 3.65. The van der Waals surface area contributed by atoms with Crippen molar-refractivity contribution in [3.05, 3.63) is 84.4 Å². The highest BCUT2D eigenvalue weighted by molar-refractivity contribution is 14.0. The van der Waals surface area contributed by atoms with Crippen LogP contribution in [0.25, 0.3) is 5.69 Å². The molecule has 1 atom stereocenters. The quantitative estimate of drug-likeness (QED) is 0.248. The molecule has 0 aliphatic rings. The number of nitrogens with one attached hydrogen (secondary N) is 2. The number of guanidine groups is 1. The van der Waals surface area contributed by atoms with Crippen LogP contribution in [-0.4, -0.2) is 47.1 Å². The monoisotopic (exact) mass is 532 g/mol. The van der Waals surface area contributed by atoms with Crippen molar-refractivity contribution in [1.82, 2.24) is 25.1 Å². The van der Waals surface area contributed by atoms with Gasteiger partial charge in [-0.05, 0) is 37.6 Å². The van der Waals surface area contributed by atoms with Crippen LogP contribution in [0.2, 0.25) is 0 Å². The van der Waals surface area contributed by atoms with Crippen LogP contribution in [0.5, 0.6) is 0 Å². The number of imidazole rings is 1. The van der Waals surface area contributed by atoms with E-state index in [1.807, 2.05) is 30.2 Å². The van der Waals surface area contributed by atoms with E-state index in [1.54, 1.807) is 6.20 Å². The smallest absolute Gasteiger partial charge is 0.191 e. The summed E-state index contributed by atoms with van der Waals surface area (Å²) in [6.45, 7) is 4.78. The third-order valence-corrected chi connectivity index (χ3v) is 5.33. The van der Waals surface area contributed by atoms with Crippen molar-refractivity contribution < 1.29 is 0 Å². The molecular formula is C24H33IN6. The lowest BCUT2D eigenvalue weighted by atomic mass is 10.1. The lowest BCUT2D eigenvalue weighted by Crippen LogP contribution is -2.39. The number of nitrogens with zero attached hydrogens (tertiary/aromatic N) is 4. The van der Waals surface area contributed by atoms with E-state index in [9.17, 15) is 0 Å². The van der Waals surface area contributed by atoms with Crippen LogP contribution in [0, 0.1) is 0 Å². The topological polar surface area (TPSA) is 57.5 Å². The second kappa shape index (κ2) is 13.1. The first kappa shape index (κ1) is 24.9. The third kappa shape index (κ3) is 7.66. The highest BCUT2D eigenvalue weighted by Crippen LogP contribution is 2.13. The number of halogens is 1. The van der Waals surface area contributed by atoms with Gasteiger partial charge in [0.15, 0.2) is 5.96 Å². The van der Waals surface area contributed by atoms with Gasteiger partial charge in [-0.25, -0.2) is 4.98 Å². The first-order valence-electron chi connectivity index (χ1n) is 10.4. The van der Waals surface area contributed by atoms with Crippen molar-refractivity contribution in [3.63, 3.8) is 0 Å². The Morgan fingerprint density at radius 3 is 2.55 bits per heavy atom. The van der Waals surface area contributed by atoms with Gasteiger partial charge in [-0.2, -0.15) is 0 Å². The van der Waals surface area contributed by atoms with Crippen molar-refractivity contribution in [1.29, 1.82) is 0 Å². The molecule has 1 aromatic heterocycles. The summed E-state index contributed by atoms with van der Waals surface area (Å²) in [5, 5.41) is 6.86. The molecule has 0 amide bonds. The van der Waals surface area contributed by atoms with Crippen molar-refractivity contribution >= 4 is 29.9 Å². The molecule has 3 aromatic rings. The summed E-state index contributed by atoms with van der Waals surface area (Å²) >= 11 is 0. The number of hydrogen-bond donors (Lipinski definition) is 2. The van der Waals surface area contributed by atoms with Crippen molar-refractivity contribution in [2.75, 3.05) is 20.6 Å². The number of benzene rings is 2. The van der Waals surface area contributed by atoms with E-state index in [-0.39, 0.29) is 24.0 Å². The molecule has 3 rings (SSSR count). The van der Waals surface area contributed by atoms with Gasteiger partial charge in [0.2, 0.25) is 0 Å². The Morgan fingerprint density at radius 1 is 1.10 bits per heavy atom. The molecule has 0 aliphatic carbocycles. The zero-order chi connectivity index (χ0) is 21.2. The SMILES string of the molecule is CN=C(NCCC(C)N(C)Cc1ccccc1)NCc1ccccc1-n1ccnc1.I. The first-order valence-corrected chi connectivity index (χ1v) is 10.4. The van der Waals surface area contributed by atoms with Gasteiger partial charge >= 0.3 is 0 Å². The first-order chi connectivity index (χ1) is 14.7. The number of rotatable bonds is 9. The van der Waals surface area contributed by atoms with Crippen molar-refractivity contribution in [2.24, 2.45) is 4.99 Å². The fourth-order valence-electron chi connectivity index (χ4n) is 3.36. The van der Waals surface area contributed by atoms with Crippen LogP contribution in [0.1, 0.15) is 24.5 Å². The molecule has 1 heterocycles. The number of aromatic nitrogens is 2. The lowest BCUT2D eigenvalue weighted by molar-refractivity contribution is 0.238. The maximum Gasteiger partial charge on any atom is 0.191 e. The van der Waals surface area contributed by atoms with Crippen molar-refractivity contribution in [2.45, 2.75) is 32.5 Å². The summed E-state index contributed by atoms with van der Waals surface area (Å²) in [6.07, 6.45) is 6.61. The standard InChI is InChI=1S/C24H32N6.HI/c1-20(29(3)18-21-9-5-4-6-10-21)13-14-27-24(25-2)28-17-22-11-7-8-12-23(22)30-16-15-26-19-30;/h4-12,15-16,19-20H,13-14,17-18H2,1-3H3,(H2,25,27,28);1H. The zero-order valence-corrected chi connectivity index (χ0v) is 20.9. The van der Waals surface area contributed by atoms with E-state index < -0.39 is 0 Å². The van der Waals surface area contributed by atoms with Crippen LogP contribution in [0.15, 0.2) is 78.3 Å². The Kier molecular flexibility index (Phi) is 10.5. The largest absolute Gasteiger partial charge is 0.356 e. The molecule has 0 fully saturated rings. The molecule has 2 N–H and O–H groups in total. The lowest BCUT2D eigenvalue weighted by Gasteiger charge is -2.25. The van der Waals surface area contributed by atoms with Crippen LogP contribution >= 0.6 is 24.0 Å². The van der Waals surface area contributed by atoms with Crippen LogP contribution < -0.4 is 10.6 Å². The Balaban J connectivity index is 0.00000341. The molecule has 0 aliphatic heterocycles. The predicted molar refractivity (Wildman–Crippen MR) is 139 cm³/mol. The van der Waals surface area contributed by atoms with E-state index in [0.717, 1.165) is 31.2 Å². The Hall–Kier alpha value is -2.39. The van der Waals surface area contributed by atoms with Gasteiger partial charge in [-0.3, -0.25) is 9.89 Å². The molecule has 166 valence electrons. The van der Waals surface area contributed by atoms with Crippen LogP contribution in [0.3, 0.4) is 0 Å². The van der Waals surface area contributed by atoms with Gasteiger partial charge in [0.25, 0.3) is 0 Å². The molecule has 0 spiro atoms. The van der Waals surface area contributed by atoms with E-state index in [0.29, 0.717) is 12.6 Å². The molecular weight excluding hydrogens is 499 g/mol. The van der Waals surface area contributed by atoms with Gasteiger partial charge in [0, 0.05) is 45.1 Å². The zero-order valence-electron chi connectivity index (χ0n) is 18.5. The predicted octanol–water partition coefficient (Wildman–Crippen LogP) is 4.07. The molecule has 0 radical (unpaired) electrons. The fourth-order valence-corrected chi connectivity index (χ4v) is 3.36. The maximum atomic E-state index is 4.37. The second-order valence-electron chi connectivity index (χ2n) is 7.49. The number of hydrogen-bond acceptors (Lipinski definition) is 3. The summed E-state index contributed by atoms with van der Waals surface area (Å²) in [7, 11) is 3.99. The molecule has 7 heteroatoms. The summed E-state index contributed by atoms with van der Waals surface area (Å²) in [6, 6.07) is 19.4.